The van der Waals surface area contributed by atoms with E-state index in [1.165, 1.54) is 0 Å². The first-order chi connectivity index (χ1) is 11.9. The second kappa shape index (κ2) is 7.00. The van der Waals surface area contributed by atoms with Crippen molar-refractivity contribution in [2.75, 3.05) is 19.5 Å². The Labute approximate surface area is 156 Å². The minimum atomic E-state index is -0.257. The van der Waals surface area contributed by atoms with E-state index in [1.807, 2.05) is 38.1 Å². The predicted molar refractivity (Wildman–Crippen MR) is 105 cm³/mol. The molecule has 0 unspecified atom stereocenters. The van der Waals surface area contributed by atoms with E-state index in [0.717, 1.165) is 27.0 Å². The van der Waals surface area contributed by atoms with Crippen LogP contribution in [0.3, 0.4) is 0 Å². The molecule has 0 amide bonds. The minimum Gasteiger partial charge on any atom is -0.493 e. The Hall–Kier alpha value is -2.14. The Morgan fingerprint density at radius 2 is 1.80 bits per heavy atom. The molecule has 132 valence electrons. The summed E-state index contributed by atoms with van der Waals surface area (Å²) in [6.45, 7) is 4.76. The summed E-state index contributed by atoms with van der Waals surface area (Å²) in [5.41, 5.74) is 2.94. The first-order valence-electron chi connectivity index (χ1n) is 8.08. The fourth-order valence-electron chi connectivity index (χ4n) is 2.72. The van der Waals surface area contributed by atoms with Crippen LogP contribution in [-0.4, -0.2) is 19.8 Å². The molecule has 0 saturated heterocycles. The number of hydrogen-bond donors (Lipinski definition) is 1. The van der Waals surface area contributed by atoms with Crippen molar-refractivity contribution in [3.8, 4) is 17.2 Å². The maximum absolute atomic E-state index is 5.96. The van der Waals surface area contributed by atoms with Crippen LogP contribution in [0, 0.1) is 0 Å². The van der Waals surface area contributed by atoms with E-state index < -0.39 is 0 Å². The third-order valence-corrected chi connectivity index (χ3v) is 4.82. The molecule has 0 spiro atoms. The first-order valence-corrected chi connectivity index (χ1v) is 8.88. The molecule has 0 fully saturated rings. The summed E-state index contributed by atoms with van der Waals surface area (Å²) >= 11 is 3.59. The van der Waals surface area contributed by atoms with Gasteiger partial charge in [-0.1, -0.05) is 22.0 Å². The Morgan fingerprint density at radius 3 is 2.52 bits per heavy atom. The van der Waals surface area contributed by atoms with Crippen LogP contribution in [0.4, 0.5) is 5.69 Å². The van der Waals surface area contributed by atoms with Crippen molar-refractivity contribution in [2.24, 2.45) is 0 Å². The zero-order valence-electron chi connectivity index (χ0n) is 14.9. The lowest BCUT2D eigenvalue weighted by atomic mass is 10.0. The maximum Gasteiger partial charge on any atom is 0.161 e. The molecule has 4 nitrogen and oxygen atoms in total. The average molecular weight is 404 g/mol. The summed E-state index contributed by atoms with van der Waals surface area (Å²) in [6, 6.07) is 10.0. The van der Waals surface area contributed by atoms with E-state index in [4.69, 9.17) is 14.2 Å². The van der Waals surface area contributed by atoms with Gasteiger partial charge in [0.05, 0.1) is 14.2 Å². The second-order valence-corrected chi connectivity index (χ2v) is 7.30. The number of anilines is 1. The molecule has 1 N–H and O–H groups in total. The van der Waals surface area contributed by atoms with E-state index in [2.05, 4.69) is 39.5 Å². The lowest BCUT2D eigenvalue weighted by Crippen LogP contribution is -2.27. The van der Waals surface area contributed by atoms with Crippen LogP contribution in [-0.2, 0) is 6.54 Å². The largest absolute Gasteiger partial charge is 0.493 e. The Balaban J connectivity index is 1.77. The summed E-state index contributed by atoms with van der Waals surface area (Å²) in [5.74, 6) is 2.33. The van der Waals surface area contributed by atoms with Crippen LogP contribution in [0.15, 0.2) is 40.9 Å². The number of halogens is 1. The zero-order chi connectivity index (χ0) is 18.0. The van der Waals surface area contributed by atoms with E-state index in [9.17, 15) is 0 Å². The number of methoxy groups -OCH3 is 2. The topological polar surface area (TPSA) is 39.7 Å². The van der Waals surface area contributed by atoms with E-state index >= 15 is 0 Å². The summed E-state index contributed by atoms with van der Waals surface area (Å²) in [6.07, 6.45) is 4.18. The van der Waals surface area contributed by atoms with Crippen LogP contribution in [0.25, 0.3) is 6.08 Å². The first kappa shape index (κ1) is 17.7. The summed E-state index contributed by atoms with van der Waals surface area (Å²) < 4.78 is 17.6. The SMILES string of the molecule is COc1cc(Br)c(CNc2ccc3c(c2)C=CC(C)(C)O3)cc1OC. The summed E-state index contributed by atoms with van der Waals surface area (Å²) in [5, 5.41) is 3.45. The number of rotatable bonds is 5. The van der Waals surface area contributed by atoms with Gasteiger partial charge in [0, 0.05) is 22.3 Å². The lowest BCUT2D eigenvalue weighted by Gasteiger charge is -2.28. The average Bonchev–Trinajstić information content (AvgIpc) is 2.59. The van der Waals surface area contributed by atoms with Gasteiger partial charge in [-0.3, -0.25) is 0 Å². The Kier molecular flexibility index (Phi) is 4.95. The van der Waals surface area contributed by atoms with Crippen molar-refractivity contribution >= 4 is 27.7 Å². The van der Waals surface area contributed by atoms with E-state index in [1.54, 1.807) is 14.2 Å². The molecule has 2 aromatic rings. The molecule has 0 atom stereocenters. The number of ether oxygens (including phenoxy) is 3. The van der Waals surface area contributed by atoms with Crippen LogP contribution in [0.2, 0.25) is 0 Å². The van der Waals surface area contributed by atoms with Gasteiger partial charge in [-0.2, -0.15) is 0 Å². The van der Waals surface area contributed by atoms with Crippen LogP contribution in [0.5, 0.6) is 17.2 Å². The van der Waals surface area contributed by atoms with E-state index in [-0.39, 0.29) is 5.60 Å². The van der Waals surface area contributed by atoms with Crippen molar-refractivity contribution in [1.29, 1.82) is 0 Å². The molecule has 2 aromatic carbocycles. The van der Waals surface area contributed by atoms with Gasteiger partial charge in [-0.25, -0.2) is 0 Å². The molecular weight excluding hydrogens is 382 g/mol. The third kappa shape index (κ3) is 3.93. The van der Waals surface area contributed by atoms with Crippen molar-refractivity contribution in [1.82, 2.24) is 0 Å². The highest BCUT2D eigenvalue weighted by Crippen LogP contribution is 2.35. The van der Waals surface area contributed by atoms with Gasteiger partial charge in [0.25, 0.3) is 0 Å². The number of fused-ring (bicyclic) bond motifs is 1. The molecular formula is C20H22BrNO3. The number of hydrogen-bond acceptors (Lipinski definition) is 4. The minimum absolute atomic E-state index is 0.257. The van der Waals surface area contributed by atoms with Crippen LogP contribution in [0.1, 0.15) is 25.0 Å². The molecule has 0 bridgehead atoms. The number of benzene rings is 2. The Bertz CT molecular complexity index is 815. The highest BCUT2D eigenvalue weighted by molar-refractivity contribution is 9.10. The molecule has 0 radical (unpaired) electrons. The molecule has 0 saturated carbocycles. The predicted octanol–water partition coefficient (Wildman–Crippen LogP) is 5.26. The van der Waals surface area contributed by atoms with Gasteiger partial charge in [0.2, 0.25) is 0 Å². The maximum atomic E-state index is 5.96. The van der Waals surface area contributed by atoms with Gasteiger partial charge in [0.15, 0.2) is 11.5 Å². The standard InChI is InChI=1S/C20H22BrNO3/c1-20(2)8-7-13-9-15(5-6-17(13)25-20)22-12-14-10-18(23-3)19(24-4)11-16(14)21/h5-11,22H,12H2,1-4H3. The second-order valence-electron chi connectivity index (χ2n) is 6.44. The fraction of sp³-hybridized carbons (Fsp3) is 0.300. The summed E-state index contributed by atoms with van der Waals surface area (Å²) in [7, 11) is 3.27. The third-order valence-electron chi connectivity index (χ3n) is 4.08. The quantitative estimate of drug-likeness (QED) is 0.738. The van der Waals surface area contributed by atoms with Gasteiger partial charge < -0.3 is 19.5 Å². The molecule has 1 aliphatic rings. The van der Waals surface area contributed by atoms with Crippen LogP contribution >= 0.6 is 15.9 Å². The highest BCUT2D eigenvalue weighted by Gasteiger charge is 2.21. The van der Waals surface area contributed by atoms with Crippen molar-refractivity contribution < 1.29 is 14.2 Å². The van der Waals surface area contributed by atoms with Crippen molar-refractivity contribution in [2.45, 2.75) is 26.0 Å². The van der Waals surface area contributed by atoms with Crippen molar-refractivity contribution in [3.63, 3.8) is 0 Å². The van der Waals surface area contributed by atoms with Gasteiger partial charge >= 0.3 is 0 Å². The fourth-order valence-corrected chi connectivity index (χ4v) is 3.18. The number of nitrogens with one attached hydrogen (secondary N) is 1. The summed E-state index contributed by atoms with van der Waals surface area (Å²) in [4.78, 5) is 0. The lowest BCUT2D eigenvalue weighted by molar-refractivity contribution is 0.159. The molecule has 0 aliphatic carbocycles. The smallest absolute Gasteiger partial charge is 0.161 e. The molecule has 3 rings (SSSR count). The molecule has 1 heterocycles. The van der Waals surface area contributed by atoms with Crippen molar-refractivity contribution in [3.05, 3.63) is 52.0 Å². The Morgan fingerprint density at radius 1 is 1.08 bits per heavy atom. The normalized spacial score (nSPS) is 14.4. The molecule has 1 aliphatic heterocycles. The molecule has 0 aromatic heterocycles. The van der Waals surface area contributed by atoms with E-state index in [0.29, 0.717) is 18.0 Å². The van der Waals surface area contributed by atoms with Crippen LogP contribution < -0.4 is 19.5 Å². The zero-order valence-corrected chi connectivity index (χ0v) is 16.4. The van der Waals surface area contributed by atoms with Gasteiger partial charge in [-0.15, -0.1) is 0 Å². The van der Waals surface area contributed by atoms with Gasteiger partial charge in [-0.05, 0) is 55.8 Å². The molecule has 5 heteroatoms. The monoisotopic (exact) mass is 403 g/mol. The molecule has 25 heavy (non-hydrogen) atoms. The van der Waals surface area contributed by atoms with Gasteiger partial charge in [0.1, 0.15) is 11.4 Å². The highest BCUT2D eigenvalue weighted by atomic mass is 79.9.